The molecule has 1 saturated carbocycles. The van der Waals surface area contributed by atoms with Gasteiger partial charge >= 0.3 is 0 Å². The molecule has 2 nitrogen and oxygen atoms in total. The summed E-state index contributed by atoms with van der Waals surface area (Å²) in [5, 5.41) is 0. The number of hydrogen-bond acceptors (Lipinski definition) is 2. The Balaban J connectivity index is 2.13. The zero-order valence-electron chi connectivity index (χ0n) is 13.2. The minimum atomic E-state index is -0.494. The number of allylic oxidation sites excluding steroid dienone is 1. The lowest BCUT2D eigenvalue weighted by Crippen LogP contribution is -2.45. The van der Waals surface area contributed by atoms with Crippen molar-refractivity contribution in [1.82, 2.24) is 0 Å². The standard InChI is InChI=1S/C18H30O2/c1-3-20-18(13-11-15(2)12-14-18)17(19)16-9-7-5-4-6-8-10-16/h9,15H,3-8,10-14H2,1-2H3. The first-order chi connectivity index (χ1) is 9.68. The van der Waals surface area contributed by atoms with Crippen molar-refractivity contribution in [3.05, 3.63) is 11.6 Å². The summed E-state index contributed by atoms with van der Waals surface area (Å²) in [6.45, 7) is 4.95. The first-order valence-electron chi connectivity index (χ1n) is 8.56. The zero-order chi connectivity index (χ0) is 14.4. The highest BCUT2D eigenvalue weighted by Gasteiger charge is 2.42. The molecule has 20 heavy (non-hydrogen) atoms. The van der Waals surface area contributed by atoms with E-state index in [4.69, 9.17) is 4.74 Å². The highest BCUT2D eigenvalue weighted by molar-refractivity contribution is 6.02. The van der Waals surface area contributed by atoms with Gasteiger partial charge in [0.1, 0.15) is 5.60 Å². The predicted molar refractivity (Wildman–Crippen MR) is 82.8 cm³/mol. The minimum absolute atomic E-state index is 0.313. The molecule has 0 aromatic carbocycles. The van der Waals surface area contributed by atoms with Gasteiger partial charge in [0.2, 0.25) is 0 Å². The van der Waals surface area contributed by atoms with E-state index in [0.29, 0.717) is 12.4 Å². The molecule has 1 fully saturated rings. The maximum Gasteiger partial charge on any atom is 0.190 e. The highest BCUT2D eigenvalue weighted by atomic mass is 16.5. The Bertz CT molecular complexity index is 348. The summed E-state index contributed by atoms with van der Waals surface area (Å²) in [7, 11) is 0. The van der Waals surface area contributed by atoms with Gasteiger partial charge < -0.3 is 4.74 Å². The third kappa shape index (κ3) is 3.72. The van der Waals surface area contributed by atoms with Gasteiger partial charge in [-0.05, 0) is 69.8 Å². The predicted octanol–water partition coefficient (Wildman–Crippen LogP) is 4.82. The fourth-order valence-electron chi connectivity index (χ4n) is 3.63. The van der Waals surface area contributed by atoms with Crippen molar-refractivity contribution in [3.63, 3.8) is 0 Å². The number of hydrogen-bond donors (Lipinski definition) is 0. The second kappa shape index (κ2) is 7.40. The van der Waals surface area contributed by atoms with Crippen LogP contribution in [0.3, 0.4) is 0 Å². The van der Waals surface area contributed by atoms with Gasteiger partial charge in [-0.1, -0.05) is 25.8 Å². The Kier molecular flexibility index (Phi) is 5.83. The molecule has 0 unspecified atom stereocenters. The van der Waals surface area contributed by atoms with Gasteiger partial charge in [0, 0.05) is 6.61 Å². The van der Waals surface area contributed by atoms with Crippen LogP contribution in [0.15, 0.2) is 11.6 Å². The number of carbonyl (C=O) groups excluding carboxylic acids is 1. The molecule has 0 aliphatic heterocycles. The molecule has 2 aliphatic carbocycles. The summed E-state index contributed by atoms with van der Waals surface area (Å²) in [4.78, 5) is 13.0. The Labute approximate surface area is 124 Å². The van der Waals surface area contributed by atoms with Crippen molar-refractivity contribution in [3.8, 4) is 0 Å². The highest BCUT2D eigenvalue weighted by Crippen LogP contribution is 2.38. The van der Waals surface area contributed by atoms with Crippen LogP contribution >= 0.6 is 0 Å². The van der Waals surface area contributed by atoms with Crippen LogP contribution in [-0.2, 0) is 9.53 Å². The van der Waals surface area contributed by atoms with Crippen LogP contribution < -0.4 is 0 Å². The molecule has 0 atom stereocenters. The monoisotopic (exact) mass is 278 g/mol. The molecule has 2 aliphatic rings. The van der Waals surface area contributed by atoms with Crippen molar-refractivity contribution in [2.45, 2.75) is 83.7 Å². The molecule has 0 heterocycles. The van der Waals surface area contributed by atoms with Crippen LogP contribution in [0, 0.1) is 5.92 Å². The van der Waals surface area contributed by atoms with Gasteiger partial charge in [0.15, 0.2) is 5.78 Å². The molecule has 0 N–H and O–H groups in total. The molecular formula is C18H30O2. The summed E-state index contributed by atoms with van der Waals surface area (Å²) in [5.74, 6) is 1.05. The van der Waals surface area contributed by atoms with Crippen molar-refractivity contribution < 1.29 is 9.53 Å². The third-order valence-electron chi connectivity index (χ3n) is 5.00. The molecular weight excluding hydrogens is 248 g/mol. The van der Waals surface area contributed by atoms with Crippen LogP contribution in [0.4, 0.5) is 0 Å². The first kappa shape index (κ1) is 15.8. The maximum absolute atomic E-state index is 13.0. The lowest BCUT2D eigenvalue weighted by atomic mass is 9.74. The van der Waals surface area contributed by atoms with E-state index in [1.54, 1.807) is 0 Å². The molecule has 0 spiro atoms. The van der Waals surface area contributed by atoms with Gasteiger partial charge in [0.25, 0.3) is 0 Å². The average molecular weight is 278 g/mol. The van der Waals surface area contributed by atoms with E-state index in [-0.39, 0.29) is 0 Å². The van der Waals surface area contributed by atoms with E-state index < -0.39 is 5.60 Å². The first-order valence-corrected chi connectivity index (χ1v) is 8.56. The smallest absolute Gasteiger partial charge is 0.190 e. The number of ketones is 1. The van der Waals surface area contributed by atoms with Crippen LogP contribution in [0.1, 0.15) is 78.1 Å². The van der Waals surface area contributed by atoms with Gasteiger partial charge in [-0.2, -0.15) is 0 Å². The quantitative estimate of drug-likeness (QED) is 0.737. The van der Waals surface area contributed by atoms with Gasteiger partial charge in [-0.15, -0.1) is 0 Å². The van der Waals surface area contributed by atoms with E-state index in [1.807, 2.05) is 6.92 Å². The molecule has 2 rings (SSSR count). The molecule has 0 aromatic heterocycles. The fourth-order valence-corrected chi connectivity index (χ4v) is 3.63. The lowest BCUT2D eigenvalue weighted by molar-refractivity contribution is -0.146. The summed E-state index contributed by atoms with van der Waals surface area (Å²) in [6.07, 6.45) is 13.3. The molecule has 114 valence electrons. The van der Waals surface area contributed by atoms with Crippen LogP contribution in [0.25, 0.3) is 0 Å². The van der Waals surface area contributed by atoms with Crippen molar-refractivity contribution >= 4 is 5.78 Å². The number of rotatable bonds is 4. The second-order valence-electron chi connectivity index (χ2n) is 6.62. The molecule has 2 heteroatoms. The molecule has 0 bridgehead atoms. The summed E-state index contributed by atoms with van der Waals surface area (Å²) >= 11 is 0. The van der Waals surface area contributed by atoms with Crippen molar-refractivity contribution in [2.75, 3.05) is 6.61 Å². The van der Waals surface area contributed by atoms with E-state index in [1.165, 1.54) is 19.3 Å². The maximum atomic E-state index is 13.0. The van der Waals surface area contributed by atoms with Crippen LogP contribution in [0.5, 0.6) is 0 Å². The van der Waals surface area contributed by atoms with Gasteiger partial charge in [-0.3, -0.25) is 4.79 Å². The lowest BCUT2D eigenvalue weighted by Gasteiger charge is -2.38. The zero-order valence-corrected chi connectivity index (χ0v) is 13.2. The topological polar surface area (TPSA) is 26.3 Å². The van der Waals surface area contributed by atoms with Crippen LogP contribution in [-0.4, -0.2) is 18.0 Å². The Morgan fingerprint density at radius 3 is 2.65 bits per heavy atom. The van der Waals surface area contributed by atoms with Gasteiger partial charge in [0.05, 0.1) is 0 Å². The normalized spacial score (nSPS) is 32.1. The number of ether oxygens (including phenoxy) is 1. The van der Waals surface area contributed by atoms with E-state index in [9.17, 15) is 4.79 Å². The summed E-state index contributed by atoms with van der Waals surface area (Å²) in [5.41, 5.74) is 0.569. The Morgan fingerprint density at radius 2 is 1.95 bits per heavy atom. The van der Waals surface area contributed by atoms with E-state index >= 15 is 0 Å². The second-order valence-corrected chi connectivity index (χ2v) is 6.62. The number of carbonyl (C=O) groups is 1. The third-order valence-corrected chi connectivity index (χ3v) is 5.00. The SMILES string of the molecule is CCOC1(C(=O)C2=CCCCCCC2)CCC(C)CC1. The Hall–Kier alpha value is -0.630. The van der Waals surface area contributed by atoms with E-state index in [2.05, 4.69) is 13.0 Å². The van der Waals surface area contributed by atoms with Crippen LogP contribution in [0.2, 0.25) is 0 Å². The van der Waals surface area contributed by atoms with Crippen molar-refractivity contribution in [1.29, 1.82) is 0 Å². The molecule has 0 aromatic rings. The molecule has 0 amide bonds. The molecule has 0 radical (unpaired) electrons. The van der Waals surface area contributed by atoms with Crippen molar-refractivity contribution in [2.24, 2.45) is 5.92 Å². The number of Topliss-reactive ketones (excluding diaryl/α,β-unsaturated/α-hetero) is 1. The summed E-state index contributed by atoms with van der Waals surface area (Å²) < 4.78 is 6.02. The fraction of sp³-hybridized carbons (Fsp3) is 0.833. The van der Waals surface area contributed by atoms with Gasteiger partial charge in [-0.25, -0.2) is 0 Å². The average Bonchev–Trinajstić information content (AvgIpc) is 2.41. The molecule has 0 saturated heterocycles. The Morgan fingerprint density at radius 1 is 1.25 bits per heavy atom. The summed E-state index contributed by atoms with van der Waals surface area (Å²) in [6, 6.07) is 0. The largest absolute Gasteiger partial charge is 0.367 e. The minimum Gasteiger partial charge on any atom is -0.367 e. The van der Waals surface area contributed by atoms with E-state index in [0.717, 1.165) is 56.4 Å².